The van der Waals surface area contributed by atoms with Crippen molar-refractivity contribution in [3.8, 4) is 0 Å². The van der Waals surface area contributed by atoms with Crippen molar-refractivity contribution in [3.05, 3.63) is 90.7 Å². The smallest absolute Gasteiger partial charge is 0.0980 e. The van der Waals surface area contributed by atoms with Crippen LogP contribution < -0.4 is 0 Å². The minimum atomic E-state index is 0.907. The molecule has 0 saturated heterocycles. The Kier molecular flexibility index (Phi) is 4.79. The van der Waals surface area contributed by atoms with Gasteiger partial charge in [0, 0.05) is 39.4 Å². The Morgan fingerprint density at radius 3 is 0.794 bits per heavy atom. The molecule has 7 rings (SSSR count). The molecule has 162 valence electrons. The first-order valence-electron chi connectivity index (χ1n) is 10.6. The lowest BCUT2D eigenvalue weighted by molar-refractivity contribution is 1.44. The third-order valence-electron chi connectivity index (χ3n) is 6.42. The maximum Gasteiger partial charge on any atom is 0.0980 e. The third kappa shape index (κ3) is 3.08. The van der Waals surface area contributed by atoms with Crippen LogP contribution in [-0.2, 0) is 0 Å². The molecule has 0 N–H and O–H groups in total. The van der Waals surface area contributed by atoms with Crippen LogP contribution in [-0.4, -0.2) is 9.97 Å². The van der Waals surface area contributed by atoms with Crippen LogP contribution >= 0.6 is 63.7 Å². The predicted octanol–water partition coefficient (Wildman–Crippen LogP) is 10.4. The SMILES string of the molecule is Brc1ccc2c3ccc(Br)cc3c3nc4c5cc(Br)ccc5c5ccc(Br)cc5c4nc3c2c1. The van der Waals surface area contributed by atoms with Gasteiger partial charge in [-0.2, -0.15) is 0 Å². The molecule has 0 aliphatic rings. The molecule has 0 aliphatic carbocycles. The second-order valence-electron chi connectivity index (χ2n) is 8.38. The van der Waals surface area contributed by atoms with Crippen molar-refractivity contribution < 1.29 is 0 Å². The van der Waals surface area contributed by atoms with Gasteiger partial charge in [0.25, 0.3) is 0 Å². The molecule has 7 aromatic rings. The lowest BCUT2D eigenvalue weighted by Crippen LogP contribution is -1.94. The van der Waals surface area contributed by atoms with Crippen LogP contribution in [0.4, 0.5) is 0 Å². The zero-order valence-electron chi connectivity index (χ0n) is 17.3. The van der Waals surface area contributed by atoms with E-state index >= 15 is 0 Å². The van der Waals surface area contributed by atoms with Crippen LogP contribution in [0.3, 0.4) is 0 Å². The molecule has 0 aliphatic heterocycles. The molecule has 34 heavy (non-hydrogen) atoms. The topological polar surface area (TPSA) is 25.8 Å². The van der Waals surface area contributed by atoms with Gasteiger partial charge in [0.2, 0.25) is 0 Å². The van der Waals surface area contributed by atoms with Crippen molar-refractivity contribution in [1.82, 2.24) is 9.97 Å². The van der Waals surface area contributed by atoms with Gasteiger partial charge < -0.3 is 0 Å². The summed E-state index contributed by atoms with van der Waals surface area (Å²) in [5.74, 6) is 0. The van der Waals surface area contributed by atoms with E-state index in [9.17, 15) is 0 Å². The number of aromatic nitrogens is 2. The number of halogens is 4. The van der Waals surface area contributed by atoms with Gasteiger partial charge in [-0.05, 0) is 70.1 Å². The maximum atomic E-state index is 5.34. The Labute approximate surface area is 227 Å². The summed E-state index contributed by atoms with van der Waals surface area (Å²) in [5.41, 5.74) is 3.63. The van der Waals surface area contributed by atoms with Gasteiger partial charge in [-0.15, -0.1) is 0 Å². The van der Waals surface area contributed by atoms with Gasteiger partial charge >= 0.3 is 0 Å². The van der Waals surface area contributed by atoms with E-state index in [0.29, 0.717) is 0 Å². The largest absolute Gasteiger partial charge is 0.243 e. The summed E-state index contributed by atoms with van der Waals surface area (Å²) < 4.78 is 4.09. The van der Waals surface area contributed by atoms with Crippen molar-refractivity contribution in [3.63, 3.8) is 0 Å². The molecular formula is C28H12Br4N2. The second-order valence-corrected chi connectivity index (χ2v) is 12.0. The molecule has 2 nitrogen and oxygen atoms in total. The molecule has 6 heteroatoms. The van der Waals surface area contributed by atoms with Gasteiger partial charge in [0.05, 0.1) is 22.1 Å². The van der Waals surface area contributed by atoms with Crippen molar-refractivity contribution >= 4 is 129 Å². The predicted molar refractivity (Wildman–Crippen MR) is 158 cm³/mol. The van der Waals surface area contributed by atoms with Crippen LogP contribution in [0.15, 0.2) is 90.7 Å². The van der Waals surface area contributed by atoms with Crippen LogP contribution in [0.5, 0.6) is 0 Å². The van der Waals surface area contributed by atoms with Crippen LogP contribution in [0.25, 0.3) is 65.2 Å². The highest BCUT2D eigenvalue weighted by molar-refractivity contribution is 9.11. The number of fused-ring (bicyclic) bond motifs is 12. The van der Waals surface area contributed by atoms with E-state index in [1.165, 1.54) is 21.5 Å². The molecule has 0 radical (unpaired) electrons. The Bertz CT molecular complexity index is 1730. The van der Waals surface area contributed by atoms with E-state index in [0.717, 1.165) is 61.5 Å². The molecule has 0 saturated carbocycles. The normalized spacial score (nSPS) is 12.1. The quantitative estimate of drug-likeness (QED) is 0.117. The van der Waals surface area contributed by atoms with Gasteiger partial charge in [0.1, 0.15) is 0 Å². The van der Waals surface area contributed by atoms with E-state index < -0.39 is 0 Å². The minimum absolute atomic E-state index is 0.907. The first-order chi connectivity index (χ1) is 16.5. The first kappa shape index (κ1) is 21.2. The summed E-state index contributed by atoms with van der Waals surface area (Å²) in [7, 11) is 0. The second kappa shape index (κ2) is 7.69. The molecular weight excluding hydrogens is 684 g/mol. The zero-order chi connectivity index (χ0) is 23.1. The van der Waals surface area contributed by atoms with E-state index in [2.05, 4.69) is 137 Å². The Hall–Kier alpha value is -2.12. The number of hydrogen-bond acceptors (Lipinski definition) is 2. The van der Waals surface area contributed by atoms with E-state index in [-0.39, 0.29) is 0 Å². The average Bonchev–Trinajstić information content (AvgIpc) is 2.83. The molecule has 0 unspecified atom stereocenters. The molecule has 1 heterocycles. The number of rotatable bonds is 0. The molecule has 0 spiro atoms. The average molecular weight is 696 g/mol. The highest BCUT2D eigenvalue weighted by atomic mass is 79.9. The Morgan fingerprint density at radius 1 is 0.324 bits per heavy atom. The number of hydrogen-bond donors (Lipinski definition) is 0. The molecule has 0 amide bonds. The van der Waals surface area contributed by atoms with Gasteiger partial charge in [-0.3, -0.25) is 0 Å². The number of nitrogens with zero attached hydrogens (tertiary/aromatic N) is 2. The lowest BCUT2D eigenvalue weighted by Gasteiger charge is -2.14. The third-order valence-corrected chi connectivity index (χ3v) is 8.40. The lowest BCUT2D eigenvalue weighted by atomic mass is 9.97. The Balaban J connectivity index is 1.84. The van der Waals surface area contributed by atoms with E-state index in [4.69, 9.17) is 9.97 Å². The molecule has 1 aromatic heterocycles. The molecule has 0 atom stereocenters. The summed E-state index contributed by atoms with van der Waals surface area (Å²) in [6.45, 7) is 0. The summed E-state index contributed by atoms with van der Waals surface area (Å²) in [5, 5.41) is 9.03. The highest BCUT2D eigenvalue weighted by Crippen LogP contribution is 2.40. The fourth-order valence-electron chi connectivity index (χ4n) is 4.98. The van der Waals surface area contributed by atoms with Crippen LogP contribution in [0, 0.1) is 0 Å². The van der Waals surface area contributed by atoms with Crippen LogP contribution in [0.1, 0.15) is 0 Å². The number of benzene rings is 6. The maximum absolute atomic E-state index is 5.34. The fraction of sp³-hybridized carbons (Fsp3) is 0. The van der Waals surface area contributed by atoms with E-state index in [1.807, 2.05) is 0 Å². The monoisotopic (exact) mass is 692 g/mol. The standard InChI is InChI=1S/C28H12Br4N2/c29-13-1-5-17-18-6-2-14(30)10-22(18)26-25(21(17)9-13)33-27-23-11-15(31)3-7-19(23)20-8-4-16(32)12-24(20)28(27)34-26/h1-12H. The molecule has 0 bridgehead atoms. The van der Waals surface area contributed by atoms with Gasteiger partial charge in [-0.25, -0.2) is 9.97 Å². The van der Waals surface area contributed by atoms with Crippen molar-refractivity contribution in [2.45, 2.75) is 0 Å². The summed E-state index contributed by atoms with van der Waals surface area (Å²) >= 11 is 14.7. The fourth-order valence-corrected chi connectivity index (χ4v) is 6.42. The highest BCUT2D eigenvalue weighted by Gasteiger charge is 2.17. The van der Waals surface area contributed by atoms with Crippen molar-refractivity contribution in [2.75, 3.05) is 0 Å². The van der Waals surface area contributed by atoms with Crippen molar-refractivity contribution in [1.29, 1.82) is 0 Å². The zero-order valence-corrected chi connectivity index (χ0v) is 23.7. The summed E-state index contributed by atoms with van der Waals surface area (Å²) in [6, 6.07) is 25.6. The minimum Gasteiger partial charge on any atom is -0.243 e. The van der Waals surface area contributed by atoms with E-state index in [1.54, 1.807) is 0 Å². The van der Waals surface area contributed by atoms with Crippen LogP contribution in [0.2, 0.25) is 0 Å². The molecule has 6 aromatic carbocycles. The van der Waals surface area contributed by atoms with Crippen molar-refractivity contribution in [2.24, 2.45) is 0 Å². The summed E-state index contributed by atoms with van der Waals surface area (Å²) in [4.78, 5) is 10.7. The molecule has 0 fully saturated rings. The first-order valence-corrected chi connectivity index (χ1v) is 13.8. The Morgan fingerprint density at radius 2 is 0.559 bits per heavy atom. The summed E-state index contributed by atoms with van der Waals surface area (Å²) in [6.07, 6.45) is 0. The van der Waals surface area contributed by atoms with Gasteiger partial charge in [-0.1, -0.05) is 88.0 Å². The van der Waals surface area contributed by atoms with Gasteiger partial charge in [0.15, 0.2) is 0 Å².